The van der Waals surface area contributed by atoms with Crippen LogP contribution >= 0.6 is 0 Å². The Bertz CT molecular complexity index is 733. The molecule has 0 aliphatic heterocycles. The van der Waals surface area contributed by atoms with E-state index in [2.05, 4.69) is 44.1 Å². The lowest BCUT2D eigenvalue weighted by Crippen LogP contribution is -2.54. The third-order valence-corrected chi connectivity index (χ3v) is 11.0. The number of aliphatic hydroxyl groups excluding tert-OH is 1. The van der Waals surface area contributed by atoms with Crippen molar-refractivity contribution in [2.75, 3.05) is 0 Å². The number of pyridine rings is 1. The highest BCUT2D eigenvalue weighted by atomic mass is 16.3. The molecule has 8 unspecified atom stereocenters. The minimum atomic E-state index is -0.0231. The number of rotatable bonds is 4. The predicted molar refractivity (Wildman–Crippen MR) is 123 cm³/mol. The van der Waals surface area contributed by atoms with Gasteiger partial charge in [0.15, 0.2) is 0 Å². The molecule has 0 spiro atoms. The Labute approximate surface area is 184 Å². The molecule has 1 aromatic heterocycles. The Morgan fingerprint density at radius 3 is 2.63 bits per heavy atom. The Morgan fingerprint density at radius 1 is 1.03 bits per heavy atom. The first kappa shape index (κ1) is 21.0. The van der Waals surface area contributed by atoms with Gasteiger partial charge in [0.25, 0.3) is 0 Å². The molecular formula is C28H43NO. The van der Waals surface area contributed by atoms with Crippen LogP contribution < -0.4 is 0 Å². The van der Waals surface area contributed by atoms with E-state index in [0.29, 0.717) is 10.8 Å². The fourth-order valence-corrected chi connectivity index (χ4v) is 9.35. The van der Waals surface area contributed by atoms with E-state index < -0.39 is 0 Å². The van der Waals surface area contributed by atoms with Crippen molar-refractivity contribution in [3.8, 4) is 0 Å². The van der Waals surface area contributed by atoms with Crippen LogP contribution in [0.25, 0.3) is 0 Å². The van der Waals surface area contributed by atoms with Gasteiger partial charge in [-0.15, -0.1) is 0 Å². The molecule has 4 aliphatic rings. The molecule has 5 rings (SSSR count). The smallest absolute Gasteiger partial charge is 0.0543 e. The van der Waals surface area contributed by atoms with Crippen LogP contribution in [0.4, 0.5) is 0 Å². The summed E-state index contributed by atoms with van der Waals surface area (Å²) in [5.41, 5.74) is 2.47. The summed E-state index contributed by atoms with van der Waals surface area (Å²) in [6.07, 6.45) is 18.5. The van der Waals surface area contributed by atoms with Gasteiger partial charge in [0, 0.05) is 12.4 Å². The summed E-state index contributed by atoms with van der Waals surface area (Å²) in [7, 11) is 0. The van der Waals surface area contributed by atoms with E-state index in [1.54, 1.807) is 0 Å². The highest BCUT2D eigenvalue weighted by molar-refractivity contribution is 5.11. The van der Waals surface area contributed by atoms with Crippen molar-refractivity contribution in [3.63, 3.8) is 0 Å². The van der Waals surface area contributed by atoms with Crippen molar-refractivity contribution in [3.05, 3.63) is 30.1 Å². The Kier molecular flexibility index (Phi) is 5.53. The monoisotopic (exact) mass is 409 g/mol. The summed E-state index contributed by atoms with van der Waals surface area (Å²) < 4.78 is 0. The molecule has 2 heteroatoms. The molecule has 9 atom stereocenters. The maximum absolute atomic E-state index is 10.3. The Balaban J connectivity index is 1.29. The van der Waals surface area contributed by atoms with E-state index in [0.717, 1.165) is 48.3 Å². The second kappa shape index (κ2) is 7.91. The number of aliphatic hydroxyl groups is 1. The molecule has 1 N–H and O–H groups in total. The molecule has 0 bridgehead atoms. The Hall–Kier alpha value is -0.890. The van der Waals surface area contributed by atoms with Gasteiger partial charge in [-0.3, -0.25) is 4.98 Å². The first-order valence-corrected chi connectivity index (χ1v) is 13.0. The molecule has 4 fully saturated rings. The molecule has 0 saturated heterocycles. The average Bonchev–Trinajstić information content (AvgIpc) is 3.10. The van der Waals surface area contributed by atoms with Crippen LogP contribution in [-0.4, -0.2) is 16.2 Å². The lowest BCUT2D eigenvalue weighted by Gasteiger charge is -2.61. The van der Waals surface area contributed by atoms with Crippen LogP contribution in [0.15, 0.2) is 24.5 Å². The molecule has 166 valence electrons. The number of fused-ring (bicyclic) bond motifs is 5. The maximum atomic E-state index is 10.3. The second-order valence-corrected chi connectivity index (χ2v) is 12.2. The number of aromatic nitrogens is 1. The average molecular weight is 410 g/mol. The first-order valence-electron chi connectivity index (χ1n) is 13.0. The lowest BCUT2D eigenvalue weighted by molar-refractivity contribution is -0.129. The number of aryl methyl sites for hydroxylation is 1. The van der Waals surface area contributed by atoms with Crippen LogP contribution in [0, 0.1) is 46.3 Å². The van der Waals surface area contributed by atoms with Gasteiger partial charge in [0.2, 0.25) is 0 Å². The van der Waals surface area contributed by atoms with Gasteiger partial charge in [0.05, 0.1) is 6.10 Å². The summed E-state index contributed by atoms with van der Waals surface area (Å²) in [6, 6.07) is 4.32. The normalized spacial score (nSPS) is 46.5. The fourth-order valence-electron chi connectivity index (χ4n) is 9.35. The zero-order chi connectivity index (χ0) is 20.9. The molecule has 4 aliphatic carbocycles. The van der Waals surface area contributed by atoms with Gasteiger partial charge in [-0.2, -0.15) is 0 Å². The number of nitrogens with zero attached hydrogens (tertiary/aromatic N) is 1. The molecule has 0 radical (unpaired) electrons. The number of hydrogen-bond acceptors (Lipinski definition) is 2. The highest BCUT2D eigenvalue weighted by Crippen LogP contribution is 2.68. The van der Waals surface area contributed by atoms with Crippen molar-refractivity contribution in [2.45, 2.75) is 97.5 Å². The molecular weight excluding hydrogens is 366 g/mol. The summed E-state index contributed by atoms with van der Waals surface area (Å²) in [5.74, 6) is 5.32. The fraction of sp³-hybridized carbons (Fsp3) is 0.821. The summed E-state index contributed by atoms with van der Waals surface area (Å²) >= 11 is 0. The van der Waals surface area contributed by atoms with Crippen LogP contribution in [0.2, 0.25) is 0 Å². The van der Waals surface area contributed by atoms with Crippen molar-refractivity contribution in [1.82, 2.24) is 4.98 Å². The quantitative estimate of drug-likeness (QED) is 0.602. The minimum absolute atomic E-state index is 0.0231. The van der Waals surface area contributed by atoms with Gasteiger partial charge in [-0.1, -0.05) is 26.8 Å². The summed E-state index contributed by atoms with van der Waals surface area (Å²) in [5, 5.41) is 10.3. The molecule has 4 saturated carbocycles. The first-order chi connectivity index (χ1) is 14.4. The molecule has 0 aromatic carbocycles. The Morgan fingerprint density at radius 2 is 1.83 bits per heavy atom. The molecule has 30 heavy (non-hydrogen) atoms. The summed E-state index contributed by atoms with van der Waals surface area (Å²) in [6.45, 7) is 7.85. The molecule has 0 amide bonds. The highest BCUT2D eigenvalue weighted by Gasteiger charge is 2.60. The SMILES string of the molecule is CC(CCc1cccnc1)C1CCC2C3CCC4CC(O)CC[C@]4(C)C3CCC12C. The molecule has 1 aromatic rings. The second-order valence-electron chi connectivity index (χ2n) is 12.2. The van der Waals surface area contributed by atoms with Crippen LogP contribution in [0.1, 0.15) is 90.5 Å². The third-order valence-electron chi connectivity index (χ3n) is 11.0. The van der Waals surface area contributed by atoms with E-state index in [9.17, 15) is 5.11 Å². The van der Waals surface area contributed by atoms with Crippen LogP contribution in [0.3, 0.4) is 0 Å². The topological polar surface area (TPSA) is 33.1 Å². The van der Waals surface area contributed by atoms with Gasteiger partial charge in [-0.25, -0.2) is 0 Å². The van der Waals surface area contributed by atoms with Crippen molar-refractivity contribution < 1.29 is 5.11 Å². The van der Waals surface area contributed by atoms with Gasteiger partial charge < -0.3 is 5.11 Å². The van der Waals surface area contributed by atoms with E-state index in [4.69, 9.17) is 0 Å². The van der Waals surface area contributed by atoms with Gasteiger partial charge >= 0.3 is 0 Å². The molecule has 1 heterocycles. The van der Waals surface area contributed by atoms with E-state index >= 15 is 0 Å². The van der Waals surface area contributed by atoms with Crippen molar-refractivity contribution >= 4 is 0 Å². The van der Waals surface area contributed by atoms with Crippen molar-refractivity contribution in [2.24, 2.45) is 46.3 Å². The number of hydrogen-bond donors (Lipinski definition) is 1. The third kappa shape index (κ3) is 3.37. The lowest BCUT2D eigenvalue weighted by atomic mass is 9.44. The van der Waals surface area contributed by atoms with Crippen molar-refractivity contribution in [1.29, 1.82) is 0 Å². The summed E-state index contributed by atoms with van der Waals surface area (Å²) in [4.78, 5) is 4.31. The van der Waals surface area contributed by atoms with Gasteiger partial charge in [0.1, 0.15) is 0 Å². The van der Waals surface area contributed by atoms with Crippen LogP contribution in [-0.2, 0) is 6.42 Å². The zero-order valence-electron chi connectivity index (χ0n) is 19.5. The van der Waals surface area contributed by atoms with Gasteiger partial charge in [-0.05, 0) is 129 Å². The predicted octanol–water partition coefficient (Wildman–Crippen LogP) is 6.67. The largest absolute Gasteiger partial charge is 0.393 e. The zero-order valence-corrected chi connectivity index (χ0v) is 19.5. The maximum Gasteiger partial charge on any atom is 0.0543 e. The van der Waals surface area contributed by atoms with E-state index in [-0.39, 0.29) is 6.10 Å². The standard InChI is InChI=1S/C28H43NO/c1-19(6-7-20-5-4-16-29-18-20)24-10-11-25-23-9-8-21-17-22(30)12-14-27(21,2)26(23)13-15-28(24,25)3/h4-5,16,18-19,21-26,30H,6-15,17H2,1-3H3/t19?,21?,22?,23?,24?,25?,26?,27-,28?/m0/s1. The molecule has 2 nitrogen and oxygen atoms in total. The van der Waals surface area contributed by atoms with Crippen LogP contribution in [0.5, 0.6) is 0 Å². The van der Waals surface area contributed by atoms with E-state index in [1.165, 1.54) is 63.4 Å². The minimum Gasteiger partial charge on any atom is -0.393 e. The van der Waals surface area contributed by atoms with E-state index in [1.807, 2.05) is 6.20 Å².